The summed E-state index contributed by atoms with van der Waals surface area (Å²) < 4.78 is 33.4. The molecule has 1 saturated carbocycles. The number of carbonyl (C=O) groups is 2. The molecule has 148 valence electrons. The molecule has 6 nitrogen and oxygen atoms in total. The maximum absolute atomic E-state index is 14.6. The standard InChI is InChI=1S/C18H22ClF2N3O3/c1-9-17(25)22-5-6-24(9)18(26)23-16(10-7-11(8-10)27-2)12-3-4-13(20)14(19)15(12)21/h3-4,9-11,16H,5-8H2,1-2H3,(H,22,25)(H,23,26)/t9-,10-,11+,16+/m1/s1. The topological polar surface area (TPSA) is 70.7 Å². The number of nitrogens with one attached hydrogen (secondary N) is 2. The summed E-state index contributed by atoms with van der Waals surface area (Å²) in [5, 5.41) is 4.91. The van der Waals surface area contributed by atoms with Gasteiger partial charge in [-0.1, -0.05) is 17.7 Å². The Bertz CT molecular complexity index is 743. The summed E-state index contributed by atoms with van der Waals surface area (Å²) in [6.07, 6.45) is 1.30. The number of rotatable bonds is 4. The third kappa shape index (κ3) is 3.87. The summed E-state index contributed by atoms with van der Waals surface area (Å²) in [7, 11) is 1.60. The third-order valence-corrected chi connectivity index (χ3v) is 5.72. The highest BCUT2D eigenvalue weighted by Gasteiger charge is 2.40. The zero-order chi connectivity index (χ0) is 19.7. The molecule has 2 fully saturated rings. The number of urea groups is 1. The molecule has 9 heteroatoms. The molecule has 1 heterocycles. The van der Waals surface area contributed by atoms with Gasteiger partial charge in [0.05, 0.1) is 12.1 Å². The van der Waals surface area contributed by atoms with Crippen LogP contribution in [0.5, 0.6) is 0 Å². The first-order chi connectivity index (χ1) is 12.8. The van der Waals surface area contributed by atoms with Crippen molar-refractivity contribution in [1.29, 1.82) is 0 Å². The third-order valence-electron chi connectivity index (χ3n) is 5.37. The normalized spacial score (nSPS) is 26.2. The molecule has 1 aromatic rings. The van der Waals surface area contributed by atoms with Gasteiger partial charge >= 0.3 is 6.03 Å². The Morgan fingerprint density at radius 1 is 1.41 bits per heavy atom. The molecule has 0 aromatic heterocycles. The molecule has 0 spiro atoms. The number of ether oxygens (including phenoxy) is 1. The van der Waals surface area contributed by atoms with Crippen LogP contribution in [0.4, 0.5) is 13.6 Å². The van der Waals surface area contributed by atoms with Crippen molar-refractivity contribution in [2.45, 2.75) is 38.0 Å². The Labute approximate surface area is 161 Å². The van der Waals surface area contributed by atoms with E-state index >= 15 is 0 Å². The first kappa shape index (κ1) is 19.8. The number of amides is 3. The Balaban J connectivity index is 1.84. The van der Waals surface area contributed by atoms with E-state index in [1.54, 1.807) is 14.0 Å². The van der Waals surface area contributed by atoms with Crippen molar-refractivity contribution >= 4 is 23.5 Å². The maximum atomic E-state index is 14.6. The van der Waals surface area contributed by atoms with Crippen molar-refractivity contribution in [3.05, 3.63) is 34.4 Å². The molecule has 2 atom stereocenters. The lowest BCUT2D eigenvalue weighted by Crippen LogP contribution is -2.59. The molecule has 2 aliphatic rings. The van der Waals surface area contributed by atoms with E-state index in [0.29, 0.717) is 25.9 Å². The average Bonchev–Trinajstić information content (AvgIpc) is 2.60. The number of halogens is 3. The number of carbonyl (C=O) groups excluding carboxylic acids is 2. The van der Waals surface area contributed by atoms with Crippen LogP contribution in [0, 0.1) is 17.6 Å². The largest absolute Gasteiger partial charge is 0.381 e. The number of benzene rings is 1. The van der Waals surface area contributed by atoms with E-state index in [-0.39, 0.29) is 23.5 Å². The lowest BCUT2D eigenvalue weighted by atomic mass is 9.74. The van der Waals surface area contributed by atoms with Crippen molar-refractivity contribution in [2.75, 3.05) is 20.2 Å². The van der Waals surface area contributed by atoms with E-state index in [0.717, 1.165) is 6.07 Å². The minimum Gasteiger partial charge on any atom is -0.381 e. The number of hydrogen-bond acceptors (Lipinski definition) is 3. The van der Waals surface area contributed by atoms with Gasteiger partial charge in [-0.05, 0) is 31.7 Å². The fourth-order valence-corrected chi connectivity index (χ4v) is 3.75. The first-order valence-corrected chi connectivity index (χ1v) is 9.22. The van der Waals surface area contributed by atoms with Gasteiger partial charge in [0.15, 0.2) is 0 Å². The molecule has 27 heavy (non-hydrogen) atoms. The maximum Gasteiger partial charge on any atom is 0.318 e. The van der Waals surface area contributed by atoms with Gasteiger partial charge in [-0.15, -0.1) is 0 Å². The van der Waals surface area contributed by atoms with Gasteiger partial charge in [-0.25, -0.2) is 13.6 Å². The summed E-state index contributed by atoms with van der Waals surface area (Å²) in [5.41, 5.74) is 0.128. The van der Waals surface area contributed by atoms with Gasteiger partial charge < -0.3 is 20.3 Å². The zero-order valence-corrected chi connectivity index (χ0v) is 15.9. The second kappa shape index (κ2) is 7.98. The summed E-state index contributed by atoms with van der Waals surface area (Å²) >= 11 is 5.73. The van der Waals surface area contributed by atoms with Gasteiger partial charge in [-0.3, -0.25) is 4.79 Å². The molecule has 0 radical (unpaired) electrons. The lowest BCUT2D eigenvalue weighted by Gasteiger charge is -2.41. The van der Waals surface area contributed by atoms with Crippen LogP contribution in [-0.2, 0) is 9.53 Å². The van der Waals surface area contributed by atoms with Crippen LogP contribution >= 0.6 is 11.6 Å². The van der Waals surface area contributed by atoms with Crippen LogP contribution in [0.1, 0.15) is 31.4 Å². The highest BCUT2D eigenvalue weighted by molar-refractivity contribution is 6.31. The Morgan fingerprint density at radius 2 is 2.11 bits per heavy atom. The summed E-state index contributed by atoms with van der Waals surface area (Å²) in [6.45, 7) is 2.33. The van der Waals surface area contributed by atoms with E-state index in [2.05, 4.69) is 10.6 Å². The van der Waals surface area contributed by atoms with Crippen LogP contribution in [0.2, 0.25) is 5.02 Å². The minimum absolute atomic E-state index is 0.0353. The van der Waals surface area contributed by atoms with Crippen molar-refractivity contribution in [2.24, 2.45) is 5.92 Å². The Hall–Kier alpha value is -1.93. The van der Waals surface area contributed by atoms with Crippen LogP contribution < -0.4 is 10.6 Å². The summed E-state index contributed by atoms with van der Waals surface area (Å²) in [4.78, 5) is 26.0. The molecular formula is C18H22ClF2N3O3. The zero-order valence-electron chi connectivity index (χ0n) is 15.1. The second-order valence-electron chi connectivity index (χ2n) is 6.94. The van der Waals surface area contributed by atoms with Gasteiger partial charge in [-0.2, -0.15) is 0 Å². The van der Waals surface area contributed by atoms with Gasteiger partial charge in [0.25, 0.3) is 0 Å². The smallest absolute Gasteiger partial charge is 0.318 e. The monoisotopic (exact) mass is 401 g/mol. The first-order valence-electron chi connectivity index (χ1n) is 8.84. The molecule has 0 unspecified atom stereocenters. The number of piperazine rings is 1. The highest BCUT2D eigenvalue weighted by atomic mass is 35.5. The van der Waals surface area contributed by atoms with Crippen molar-refractivity contribution < 1.29 is 23.1 Å². The molecule has 2 N–H and O–H groups in total. The van der Waals surface area contributed by atoms with Gasteiger partial charge in [0.1, 0.15) is 22.7 Å². The van der Waals surface area contributed by atoms with E-state index in [4.69, 9.17) is 16.3 Å². The van der Waals surface area contributed by atoms with Gasteiger partial charge in [0, 0.05) is 25.8 Å². The SMILES string of the molecule is CO[C@H]1C[C@@H]([C@H](NC(=O)N2CCNC(=O)[C@H]2C)c2ccc(F)c(Cl)c2F)C1. The Kier molecular flexibility index (Phi) is 5.86. The van der Waals surface area contributed by atoms with Gasteiger partial charge in [0.2, 0.25) is 5.91 Å². The van der Waals surface area contributed by atoms with Crippen molar-refractivity contribution in [3.63, 3.8) is 0 Å². The van der Waals surface area contributed by atoms with Crippen LogP contribution in [0.15, 0.2) is 12.1 Å². The molecular weight excluding hydrogens is 380 g/mol. The summed E-state index contributed by atoms with van der Waals surface area (Å²) in [5.74, 6) is -2.06. The highest BCUT2D eigenvalue weighted by Crippen LogP contribution is 2.41. The predicted octanol–water partition coefficient (Wildman–Crippen LogP) is 2.61. The quantitative estimate of drug-likeness (QED) is 0.762. The fourth-order valence-electron chi connectivity index (χ4n) is 3.58. The molecule has 3 rings (SSSR count). The van der Waals surface area contributed by atoms with Crippen molar-refractivity contribution in [3.8, 4) is 0 Å². The molecule has 0 bridgehead atoms. The number of methoxy groups -OCH3 is 1. The summed E-state index contributed by atoms with van der Waals surface area (Å²) in [6, 6.07) is 0.591. The van der Waals surface area contributed by atoms with E-state index < -0.39 is 34.8 Å². The van der Waals surface area contributed by atoms with Crippen LogP contribution in [-0.4, -0.2) is 49.2 Å². The lowest BCUT2D eigenvalue weighted by molar-refractivity contribution is -0.127. The van der Waals surface area contributed by atoms with Crippen molar-refractivity contribution in [1.82, 2.24) is 15.5 Å². The molecule has 1 saturated heterocycles. The van der Waals surface area contributed by atoms with E-state index in [1.807, 2.05) is 0 Å². The number of hydrogen-bond donors (Lipinski definition) is 2. The van der Waals surface area contributed by atoms with E-state index in [1.165, 1.54) is 11.0 Å². The number of nitrogens with zero attached hydrogens (tertiary/aromatic N) is 1. The minimum atomic E-state index is -0.882. The second-order valence-corrected chi connectivity index (χ2v) is 7.32. The van der Waals surface area contributed by atoms with Crippen LogP contribution in [0.25, 0.3) is 0 Å². The molecule has 1 aliphatic heterocycles. The van der Waals surface area contributed by atoms with E-state index in [9.17, 15) is 18.4 Å². The Morgan fingerprint density at radius 3 is 2.78 bits per heavy atom. The fraction of sp³-hybridized carbons (Fsp3) is 0.556. The molecule has 3 amide bonds. The van der Waals surface area contributed by atoms with Crippen LogP contribution in [0.3, 0.4) is 0 Å². The average molecular weight is 402 g/mol. The molecule has 1 aromatic carbocycles. The molecule has 1 aliphatic carbocycles. The predicted molar refractivity (Wildman–Crippen MR) is 95.3 cm³/mol.